The molecule has 2 rings (SSSR count). The SMILES string of the molecule is CCSC[C@H](C)NCc1noc(-c2ccco2)n1. The molecule has 0 aromatic carbocycles. The molecule has 1 N–H and O–H groups in total. The summed E-state index contributed by atoms with van der Waals surface area (Å²) in [5.74, 6) is 3.89. The van der Waals surface area contributed by atoms with Crippen LogP contribution in [-0.4, -0.2) is 27.7 Å². The number of nitrogens with one attached hydrogen (secondary N) is 1. The summed E-state index contributed by atoms with van der Waals surface area (Å²) in [5, 5.41) is 7.26. The Bertz CT molecular complexity index is 456. The number of nitrogens with zero attached hydrogens (tertiary/aromatic N) is 2. The Balaban J connectivity index is 1.84. The Labute approximate surface area is 110 Å². The normalized spacial score (nSPS) is 12.8. The van der Waals surface area contributed by atoms with E-state index in [4.69, 9.17) is 8.94 Å². The highest BCUT2D eigenvalue weighted by atomic mass is 32.2. The van der Waals surface area contributed by atoms with E-state index in [0.29, 0.717) is 30.1 Å². The standard InChI is InChI=1S/C12H17N3O2S/c1-3-18-8-9(2)13-7-11-14-12(17-15-11)10-5-4-6-16-10/h4-6,9,13H,3,7-8H2,1-2H3/t9-/m0/s1. The van der Waals surface area contributed by atoms with E-state index in [0.717, 1.165) is 11.5 Å². The van der Waals surface area contributed by atoms with Crippen molar-refractivity contribution < 1.29 is 8.94 Å². The molecule has 98 valence electrons. The zero-order valence-corrected chi connectivity index (χ0v) is 11.4. The van der Waals surface area contributed by atoms with Crippen molar-refractivity contribution in [2.24, 2.45) is 0 Å². The molecule has 2 aromatic rings. The number of thioether (sulfide) groups is 1. The minimum Gasteiger partial charge on any atom is -0.459 e. The summed E-state index contributed by atoms with van der Waals surface area (Å²) in [6.07, 6.45) is 1.58. The van der Waals surface area contributed by atoms with Gasteiger partial charge in [-0.05, 0) is 24.8 Å². The topological polar surface area (TPSA) is 64.1 Å². The van der Waals surface area contributed by atoms with Crippen molar-refractivity contribution in [2.75, 3.05) is 11.5 Å². The van der Waals surface area contributed by atoms with E-state index >= 15 is 0 Å². The van der Waals surface area contributed by atoms with Crippen molar-refractivity contribution >= 4 is 11.8 Å². The van der Waals surface area contributed by atoms with Crippen LogP contribution in [0.25, 0.3) is 11.7 Å². The first kappa shape index (κ1) is 13.2. The fourth-order valence-corrected chi connectivity index (χ4v) is 2.15. The van der Waals surface area contributed by atoms with Crippen LogP contribution in [0.2, 0.25) is 0 Å². The summed E-state index contributed by atoms with van der Waals surface area (Å²) in [6, 6.07) is 4.02. The van der Waals surface area contributed by atoms with E-state index in [1.165, 1.54) is 0 Å². The van der Waals surface area contributed by atoms with Crippen LogP contribution in [-0.2, 0) is 6.54 Å². The van der Waals surface area contributed by atoms with Crippen LogP contribution in [0.4, 0.5) is 0 Å². The van der Waals surface area contributed by atoms with E-state index in [2.05, 4.69) is 29.3 Å². The predicted molar refractivity (Wildman–Crippen MR) is 71.3 cm³/mol. The van der Waals surface area contributed by atoms with Gasteiger partial charge in [0.15, 0.2) is 11.6 Å². The molecule has 1 atom stereocenters. The highest BCUT2D eigenvalue weighted by molar-refractivity contribution is 7.99. The number of hydrogen-bond donors (Lipinski definition) is 1. The second-order valence-corrected chi connectivity index (χ2v) is 5.25. The molecule has 0 bridgehead atoms. The first-order valence-electron chi connectivity index (χ1n) is 5.97. The van der Waals surface area contributed by atoms with Crippen molar-refractivity contribution in [3.05, 3.63) is 24.2 Å². The van der Waals surface area contributed by atoms with E-state index in [1.807, 2.05) is 11.8 Å². The average molecular weight is 267 g/mol. The third-order valence-electron chi connectivity index (χ3n) is 2.38. The molecule has 0 saturated heterocycles. The average Bonchev–Trinajstić information content (AvgIpc) is 3.03. The van der Waals surface area contributed by atoms with Gasteiger partial charge < -0.3 is 14.3 Å². The predicted octanol–water partition coefficient (Wildman–Crippen LogP) is 2.56. The maximum atomic E-state index is 5.19. The molecular weight excluding hydrogens is 250 g/mol. The monoisotopic (exact) mass is 267 g/mol. The second kappa shape index (κ2) is 6.61. The number of aromatic nitrogens is 2. The van der Waals surface area contributed by atoms with Gasteiger partial charge in [0.2, 0.25) is 0 Å². The quantitative estimate of drug-likeness (QED) is 0.831. The lowest BCUT2D eigenvalue weighted by Gasteiger charge is -2.10. The van der Waals surface area contributed by atoms with Gasteiger partial charge in [-0.25, -0.2) is 0 Å². The first-order valence-corrected chi connectivity index (χ1v) is 7.12. The molecule has 0 radical (unpaired) electrons. The Morgan fingerprint density at radius 3 is 3.11 bits per heavy atom. The Morgan fingerprint density at radius 2 is 2.39 bits per heavy atom. The zero-order valence-electron chi connectivity index (χ0n) is 10.5. The highest BCUT2D eigenvalue weighted by Crippen LogP contribution is 2.16. The fourth-order valence-electron chi connectivity index (χ4n) is 1.45. The molecule has 0 unspecified atom stereocenters. The first-order chi connectivity index (χ1) is 8.79. The minimum absolute atomic E-state index is 0.424. The summed E-state index contributed by atoms with van der Waals surface area (Å²) in [5.41, 5.74) is 0. The van der Waals surface area contributed by atoms with Gasteiger partial charge in [0.05, 0.1) is 12.8 Å². The second-order valence-electron chi connectivity index (χ2n) is 3.93. The third kappa shape index (κ3) is 3.61. The number of hydrogen-bond acceptors (Lipinski definition) is 6. The van der Waals surface area contributed by atoms with Gasteiger partial charge in [0, 0.05) is 11.8 Å². The maximum absolute atomic E-state index is 5.19. The molecule has 0 amide bonds. The largest absolute Gasteiger partial charge is 0.459 e. The van der Waals surface area contributed by atoms with Crippen LogP contribution < -0.4 is 5.32 Å². The van der Waals surface area contributed by atoms with Crippen LogP contribution in [0.3, 0.4) is 0 Å². The van der Waals surface area contributed by atoms with Crippen molar-refractivity contribution in [1.29, 1.82) is 0 Å². The third-order valence-corrected chi connectivity index (χ3v) is 3.52. The molecule has 2 aromatic heterocycles. The Kier molecular flexibility index (Phi) is 4.83. The lowest BCUT2D eigenvalue weighted by atomic mass is 10.4. The lowest BCUT2D eigenvalue weighted by molar-refractivity contribution is 0.405. The van der Waals surface area contributed by atoms with Gasteiger partial charge in [-0.15, -0.1) is 0 Å². The molecule has 2 heterocycles. The summed E-state index contributed by atoms with van der Waals surface area (Å²) >= 11 is 1.91. The van der Waals surface area contributed by atoms with Crippen LogP contribution in [0.15, 0.2) is 27.3 Å². The van der Waals surface area contributed by atoms with E-state index in [1.54, 1.807) is 18.4 Å². The van der Waals surface area contributed by atoms with Crippen LogP contribution in [0.5, 0.6) is 0 Å². The molecule has 5 nitrogen and oxygen atoms in total. The molecule has 0 saturated carbocycles. The van der Waals surface area contributed by atoms with Crippen molar-refractivity contribution in [1.82, 2.24) is 15.5 Å². The molecule has 0 aliphatic heterocycles. The smallest absolute Gasteiger partial charge is 0.293 e. The van der Waals surface area contributed by atoms with Gasteiger partial charge >= 0.3 is 0 Å². The van der Waals surface area contributed by atoms with E-state index < -0.39 is 0 Å². The van der Waals surface area contributed by atoms with Gasteiger partial charge in [0.25, 0.3) is 5.89 Å². The zero-order chi connectivity index (χ0) is 12.8. The Hall–Kier alpha value is -1.27. The van der Waals surface area contributed by atoms with Crippen LogP contribution in [0, 0.1) is 0 Å². The summed E-state index contributed by atoms with van der Waals surface area (Å²) in [4.78, 5) is 4.26. The van der Waals surface area contributed by atoms with Crippen molar-refractivity contribution in [2.45, 2.75) is 26.4 Å². The van der Waals surface area contributed by atoms with Gasteiger partial charge in [-0.1, -0.05) is 12.1 Å². The van der Waals surface area contributed by atoms with Gasteiger partial charge in [-0.3, -0.25) is 0 Å². The Morgan fingerprint density at radius 1 is 1.50 bits per heavy atom. The minimum atomic E-state index is 0.424. The highest BCUT2D eigenvalue weighted by Gasteiger charge is 2.11. The number of furan rings is 1. The molecule has 0 spiro atoms. The van der Waals surface area contributed by atoms with E-state index in [9.17, 15) is 0 Å². The molecule has 18 heavy (non-hydrogen) atoms. The molecule has 6 heteroatoms. The molecule has 0 fully saturated rings. The van der Waals surface area contributed by atoms with Gasteiger partial charge in [0.1, 0.15) is 0 Å². The summed E-state index contributed by atoms with van der Waals surface area (Å²) < 4.78 is 10.3. The van der Waals surface area contributed by atoms with Crippen LogP contribution >= 0.6 is 11.8 Å². The van der Waals surface area contributed by atoms with Crippen molar-refractivity contribution in [3.8, 4) is 11.7 Å². The van der Waals surface area contributed by atoms with Crippen molar-refractivity contribution in [3.63, 3.8) is 0 Å². The van der Waals surface area contributed by atoms with Crippen LogP contribution in [0.1, 0.15) is 19.7 Å². The molecular formula is C12H17N3O2S. The number of rotatable bonds is 7. The fraction of sp³-hybridized carbons (Fsp3) is 0.500. The van der Waals surface area contributed by atoms with Gasteiger partial charge in [-0.2, -0.15) is 16.7 Å². The molecule has 0 aliphatic rings. The summed E-state index contributed by atoms with van der Waals surface area (Å²) in [6.45, 7) is 4.91. The maximum Gasteiger partial charge on any atom is 0.293 e. The summed E-state index contributed by atoms with van der Waals surface area (Å²) in [7, 11) is 0. The molecule has 0 aliphatic carbocycles. The lowest BCUT2D eigenvalue weighted by Crippen LogP contribution is -2.28. The van der Waals surface area contributed by atoms with E-state index in [-0.39, 0.29) is 0 Å².